The molecule has 0 unspecified atom stereocenters. The minimum Gasteiger partial charge on any atom is -0.497 e. The summed E-state index contributed by atoms with van der Waals surface area (Å²) in [5.41, 5.74) is 0.796. The maximum absolute atomic E-state index is 12.1. The van der Waals surface area contributed by atoms with Gasteiger partial charge in [-0.25, -0.2) is 0 Å². The molecule has 1 N–H and O–H groups in total. The number of hydrogen-bond donors (Lipinski definition) is 1. The highest BCUT2D eigenvalue weighted by Gasteiger charge is 2.17. The van der Waals surface area contributed by atoms with Gasteiger partial charge in [0.25, 0.3) is 0 Å². The highest BCUT2D eigenvalue weighted by atomic mass is 35.5. The summed E-state index contributed by atoms with van der Waals surface area (Å²) in [5, 5.41) is 3.31. The van der Waals surface area contributed by atoms with E-state index in [2.05, 4.69) is 5.32 Å². The summed E-state index contributed by atoms with van der Waals surface area (Å²) >= 11 is 0. The SMILES string of the molecule is COc1ccc(C(=O)CC2CCNCC2)cc1.Cl. The average molecular weight is 270 g/mol. The van der Waals surface area contributed by atoms with Gasteiger partial charge >= 0.3 is 0 Å². The van der Waals surface area contributed by atoms with E-state index in [-0.39, 0.29) is 18.2 Å². The number of methoxy groups -OCH3 is 1. The van der Waals surface area contributed by atoms with E-state index in [9.17, 15) is 4.79 Å². The van der Waals surface area contributed by atoms with E-state index in [4.69, 9.17) is 4.74 Å². The normalized spacial score (nSPS) is 15.8. The van der Waals surface area contributed by atoms with Crippen LogP contribution in [0.25, 0.3) is 0 Å². The summed E-state index contributed by atoms with van der Waals surface area (Å²) in [7, 11) is 1.63. The van der Waals surface area contributed by atoms with Crippen molar-refractivity contribution < 1.29 is 9.53 Å². The largest absolute Gasteiger partial charge is 0.497 e. The van der Waals surface area contributed by atoms with Crippen LogP contribution in [-0.4, -0.2) is 26.0 Å². The molecule has 100 valence electrons. The van der Waals surface area contributed by atoms with E-state index >= 15 is 0 Å². The first-order chi connectivity index (χ1) is 8.29. The maximum Gasteiger partial charge on any atom is 0.163 e. The third-order valence-corrected chi connectivity index (χ3v) is 3.34. The average Bonchev–Trinajstić information content (AvgIpc) is 2.40. The summed E-state index contributed by atoms with van der Waals surface area (Å²) in [6, 6.07) is 7.38. The second kappa shape index (κ2) is 7.39. The summed E-state index contributed by atoms with van der Waals surface area (Å²) in [5.74, 6) is 1.59. The molecule has 1 aliphatic rings. The minimum atomic E-state index is 0. The Morgan fingerprint density at radius 2 is 1.89 bits per heavy atom. The molecule has 1 fully saturated rings. The quantitative estimate of drug-likeness (QED) is 0.854. The molecule has 1 aromatic carbocycles. The Bertz CT molecular complexity index is 372. The Labute approximate surface area is 114 Å². The molecule has 0 spiro atoms. The molecule has 4 heteroatoms. The second-order valence-electron chi connectivity index (χ2n) is 4.55. The Hall–Kier alpha value is -1.06. The number of hydrogen-bond acceptors (Lipinski definition) is 3. The topological polar surface area (TPSA) is 38.3 Å². The van der Waals surface area contributed by atoms with Gasteiger partial charge in [0.05, 0.1) is 7.11 Å². The van der Waals surface area contributed by atoms with Gasteiger partial charge in [0.15, 0.2) is 5.78 Å². The van der Waals surface area contributed by atoms with Crippen LogP contribution in [-0.2, 0) is 0 Å². The van der Waals surface area contributed by atoms with Crippen LogP contribution >= 0.6 is 12.4 Å². The third kappa shape index (κ3) is 4.00. The number of carbonyl (C=O) groups is 1. The smallest absolute Gasteiger partial charge is 0.163 e. The number of ketones is 1. The van der Waals surface area contributed by atoms with E-state index < -0.39 is 0 Å². The fourth-order valence-electron chi connectivity index (χ4n) is 2.24. The van der Waals surface area contributed by atoms with E-state index in [1.807, 2.05) is 24.3 Å². The van der Waals surface area contributed by atoms with Crippen molar-refractivity contribution in [1.29, 1.82) is 0 Å². The van der Waals surface area contributed by atoms with Gasteiger partial charge in [-0.05, 0) is 56.1 Å². The van der Waals surface area contributed by atoms with Crippen LogP contribution in [0.1, 0.15) is 29.6 Å². The molecular weight excluding hydrogens is 250 g/mol. The van der Waals surface area contributed by atoms with Gasteiger partial charge in [0, 0.05) is 12.0 Å². The van der Waals surface area contributed by atoms with Crippen LogP contribution in [0.2, 0.25) is 0 Å². The lowest BCUT2D eigenvalue weighted by Crippen LogP contribution is -2.28. The van der Waals surface area contributed by atoms with Crippen LogP contribution < -0.4 is 10.1 Å². The monoisotopic (exact) mass is 269 g/mol. The van der Waals surface area contributed by atoms with Crippen LogP contribution in [0.4, 0.5) is 0 Å². The lowest BCUT2D eigenvalue weighted by atomic mass is 9.91. The first kappa shape index (κ1) is 15.0. The zero-order valence-electron chi connectivity index (χ0n) is 10.6. The zero-order valence-corrected chi connectivity index (χ0v) is 11.5. The lowest BCUT2D eigenvalue weighted by Gasteiger charge is -2.21. The van der Waals surface area contributed by atoms with Gasteiger partial charge in [0.2, 0.25) is 0 Å². The molecule has 0 bridgehead atoms. The summed E-state index contributed by atoms with van der Waals surface area (Å²) in [4.78, 5) is 12.1. The Kier molecular flexibility index (Phi) is 6.16. The van der Waals surface area contributed by atoms with Crippen LogP contribution in [0.3, 0.4) is 0 Å². The highest BCUT2D eigenvalue weighted by molar-refractivity contribution is 5.96. The van der Waals surface area contributed by atoms with Gasteiger partial charge in [-0.15, -0.1) is 12.4 Å². The molecule has 0 aliphatic carbocycles. The zero-order chi connectivity index (χ0) is 12.1. The molecule has 0 amide bonds. The fourth-order valence-corrected chi connectivity index (χ4v) is 2.24. The van der Waals surface area contributed by atoms with Gasteiger partial charge in [0.1, 0.15) is 5.75 Å². The molecule has 1 saturated heterocycles. The van der Waals surface area contributed by atoms with Crippen molar-refractivity contribution in [2.75, 3.05) is 20.2 Å². The summed E-state index contributed by atoms with van der Waals surface area (Å²) in [6.07, 6.45) is 2.90. The van der Waals surface area contributed by atoms with Crippen LogP contribution in [0, 0.1) is 5.92 Å². The van der Waals surface area contributed by atoms with Crippen LogP contribution in [0.15, 0.2) is 24.3 Å². The number of halogens is 1. The van der Waals surface area contributed by atoms with Crippen molar-refractivity contribution in [3.63, 3.8) is 0 Å². The molecule has 0 saturated carbocycles. The molecule has 3 nitrogen and oxygen atoms in total. The minimum absolute atomic E-state index is 0. The van der Waals surface area contributed by atoms with Crippen molar-refractivity contribution in [1.82, 2.24) is 5.32 Å². The lowest BCUT2D eigenvalue weighted by molar-refractivity contribution is 0.0952. The summed E-state index contributed by atoms with van der Waals surface area (Å²) in [6.45, 7) is 2.08. The number of benzene rings is 1. The van der Waals surface area contributed by atoms with Gasteiger partial charge in [-0.2, -0.15) is 0 Å². The fraction of sp³-hybridized carbons (Fsp3) is 0.500. The van der Waals surface area contributed by atoms with Crippen LogP contribution in [0.5, 0.6) is 5.75 Å². The molecule has 18 heavy (non-hydrogen) atoms. The molecule has 0 atom stereocenters. The van der Waals surface area contributed by atoms with Gasteiger partial charge in [-0.1, -0.05) is 0 Å². The predicted octanol–water partition coefficient (Wildman–Crippen LogP) is 2.69. The molecule has 1 heterocycles. The Balaban J connectivity index is 0.00000162. The number of piperidine rings is 1. The van der Waals surface area contributed by atoms with E-state index in [1.165, 1.54) is 0 Å². The van der Waals surface area contributed by atoms with Crippen molar-refractivity contribution in [3.05, 3.63) is 29.8 Å². The number of nitrogens with one attached hydrogen (secondary N) is 1. The van der Waals surface area contributed by atoms with E-state index in [1.54, 1.807) is 7.11 Å². The Morgan fingerprint density at radius 3 is 2.44 bits per heavy atom. The first-order valence-corrected chi connectivity index (χ1v) is 6.17. The number of carbonyl (C=O) groups excluding carboxylic acids is 1. The van der Waals surface area contributed by atoms with Crippen molar-refractivity contribution in [3.8, 4) is 5.75 Å². The molecule has 0 aromatic heterocycles. The van der Waals surface area contributed by atoms with Crippen molar-refractivity contribution in [2.24, 2.45) is 5.92 Å². The number of rotatable bonds is 4. The molecule has 0 radical (unpaired) electrons. The first-order valence-electron chi connectivity index (χ1n) is 6.17. The third-order valence-electron chi connectivity index (χ3n) is 3.34. The standard InChI is InChI=1S/C14H19NO2.ClH/c1-17-13-4-2-12(3-5-13)14(16)10-11-6-8-15-9-7-11;/h2-5,11,15H,6-10H2,1H3;1H. The van der Waals surface area contributed by atoms with Crippen molar-refractivity contribution >= 4 is 18.2 Å². The summed E-state index contributed by atoms with van der Waals surface area (Å²) < 4.78 is 5.08. The van der Waals surface area contributed by atoms with E-state index in [0.29, 0.717) is 12.3 Å². The Morgan fingerprint density at radius 1 is 1.28 bits per heavy atom. The van der Waals surface area contributed by atoms with Gasteiger partial charge in [-0.3, -0.25) is 4.79 Å². The maximum atomic E-state index is 12.1. The number of Topliss-reactive ketones (excluding diaryl/α,β-unsaturated/α-hetero) is 1. The molecule has 1 aromatic rings. The second-order valence-corrected chi connectivity index (χ2v) is 4.55. The molecule has 2 rings (SSSR count). The highest BCUT2D eigenvalue weighted by Crippen LogP contribution is 2.20. The molecular formula is C14H20ClNO2. The van der Waals surface area contributed by atoms with Gasteiger partial charge < -0.3 is 10.1 Å². The number of ether oxygens (including phenoxy) is 1. The van der Waals surface area contributed by atoms with Crippen molar-refractivity contribution in [2.45, 2.75) is 19.3 Å². The predicted molar refractivity (Wildman–Crippen MR) is 74.8 cm³/mol. The molecule has 1 aliphatic heterocycles. The van der Waals surface area contributed by atoms with E-state index in [0.717, 1.165) is 37.2 Å².